The van der Waals surface area contributed by atoms with E-state index in [9.17, 15) is 14.0 Å². The van der Waals surface area contributed by atoms with E-state index < -0.39 is 11.8 Å². The summed E-state index contributed by atoms with van der Waals surface area (Å²) in [4.78, 5) is 23.9. The van der Waals surface area contributed by atoms with Crippen LogP contribution in [-0.4, -0.2) is 35.7 Å². The van der Waals surface area contributed by atoms with Gasteiger partial charge < -0.3 is 4.74 Å². The molecule has 0 fully saturated rings. The van der Waals surface area contributed by atoms with Gasteiger partial charge in [0.25, 0.3) is 5.91 Å². The van der Waals surface area contributed by atoms with E-state index in [-0.39, 0.29) is 18.9 Å². The van der Waals surface area contributed by atoms with Gasteiger partial charge in [0, 0.05) is 6.42 Å². The lowest BCUT2D eigenvalue weighted by atomic mass is 10.1. The molecule has 2 aromatic carbocycles. The van der Waals surface area contributed by atoms with Crippen LogP contribution >= 0.6 is 0 Å². The fraction of sp³-hybridized carbons (Fsp3) is 0.211. The van der Waals surface area contributed by atoms with Crippen molar-refractivity contribution < 1.29 is 18.7 Å². The summed E-state index contributed by atoms with van der Waals surface area (Å²) in [5.74, 6) is -1.37. The Kier molecular flexibility index (Phi) is 5.18. The predicted octanol–water partition coefficient (Wildman–Crippen LogP) is 2.55. The fourth-order valence-corrected chi connectivity index (χ4v) is 2.55. The van der Waals surface area contributed by atoms with Crippen molar-refractivity contribution in [2.24, 2.45) is 5.10 Å². The van der Waals surface area contributed by atoms with Gasteiger partial charge in [-0.1, -0.05) is 42.5 Å². The number of hydrogen-bond donors (Lipinski definition) is 0. The number of hydrogen-bond acceptors (Lipinski definition) is 4. The van der Waals surface area contributed by atoms with E-state index in [1.54, 1.807) is 6.07 Å². The van der Waals surface area contributed by atoms with Crippen LogP contribution in [-0.2, 0) is 20.7 Å². The molecule has 128 valence electrons. The summed E-state index contributed by atoms with van der Waals surface area (Å²) in [6.07, 6.45) is 0.580. The third-order valence-corrected chi connectivity index (χ3v) is 3.79. The number of nitrogens with zero attached hydrogens (tertiary/aromatic N) is 2. The van der Waals surface area contributed by atoms with Crippen LogP contribution in [0.4, 0.5) is 4.39 Å². The van der Waals surface area contributed by atoms with Gasteiger partial charge in [0.2, 0.25) is 0 Å². The highest BCUT2D eigenvalue weighted by molar-refractivity contribution is 6.02. The number of carbonyl (C=O) groups is 2. The summed E-state index contributed by atoms with van der Waals surface area (Å²) in [5.41, 5.74) is 2.31. The Morgan fingerprint density at radius 2 is 1.92 bits per heavy atom. The van der Waals surface area contributed by atoms with Gasteiger partial charge in [-0.05, 0) is 23.3 Å². The Morgan fingerprint density at radius 1 is 1.12 bits per heavy atom. The van der Waals surface area contributed by atoms with Crippen molar-refractivity contribution in [2.75, 3.05) is 13.2 Å². The minimum absolute atomic E-state index is 0.0798. The van der Waals surface area contributed by atoms with E-state index in [0.717, 1.165) is 11.3 Å². The maximum atomic E-state index is 13.1. The first-order valence-electron chi connectivity index (χ1n) is 7.95. The molecule has 0 atom stereocenters. The Hall–Kier alpha value is -3.02. The molecule has 1 heterocycles. The Bertz CT molecular complexity index is 805. The lowest BCUT2D eigenvalue weighted by Crippen LogP contribution is -2.29. The molecule has 0 unspecified atom stereocenters. The first-order chi connectivity index (χ1) is 12.1. The van der Waals surface area contributed by atoms with Crippen LogP contribution in [0.25, 0.3) is 0 Å². The number of halogens is 1. The summed E-state index contributed by atoms with van der Waals surface area (Å²) >= 11 is 0. The molecule has 6 heteroatoms. The molecule has 25 heavy (non-hydrogen) atoms. The van der Waals surface area contributed by atoms with Gasteiger partial charge >= 0.3 is 5.97 Å². The maximum Gasteiger partial charge on any atom is 0.310 e. The second-order valence-electron chi connectivity index (χ2n) is 5.65. The number of carbonyl (C=O) groups excluding carboxylic acids is 2. The second-order valence-corrected chi connectivity index (χ2v) is 5.65. The molecule has 0 spiro atoms. The molecule has 0 bridgehead atoms. The zero-order chi connectivity index (χ0) is 17.6. The van der Waals surface area contributed by atoms with Gasteiger partial charge in [-0.2, -0.15) is 5.10 Å². The highest BCUT2D eigenvalue weighted by Gasteiger charge is 2.22. The number of rotatable bonds is 5. The molecule has 5 nitrogen and oxygen atoms in total. The van der Waals surface area contributed by atoms with E-state index >= 15 is 0 Å². The minimum Gasteiger partial charge on any atom is -0.455 e. The van der Waals surface area contributed by atoms with Crippen LogP contribution in [0.15, 0.2) is 59.7 Å². The molecule has 1 amide bonds. The SMILES string of the molecule is O=C(Cc1cccc(F)c1)OCC(=O)N1CCC(c2ccccc2)=N1. The van der Waals surface area contributed by atoms with Crippen molar-refractivity contribution in [1.82, 2.24) is 5.01 Å². The molecule has 0 N–H and O–H groups in total. The maximum absolute atomic E-state index is 13.1. The van der Waals surface area contributed by atoms with E-state index in [0.29, 0.717) is 18.5 Å². The molecule has 3 rings (SSSR count). The van der Waals surface area contributed by atoms with E-state index in [1.807, 2.05) is 30.3 Å². The summed E-state index contributed by atoms with van der Waals surface area (Å²) in [7, 11) is 0. The summed E-state index contributed by atoms with van der Waals surface area (Å²) in [6, 6.07) is 15.3. The molecule has 1 aliphatic heterocycles. The predicted molar refractivity (Wildman–Crippen MR) is 90.4 cm³/mol. The van der Waals surface area contributed by atoms with Crippen molar-refractivity contribution in [3.05, 3.63) is 71.5 Å². The van der Waals surface area contributed by atoms with Crippen molar-refractivity contribution >= 4 is 17.6 Å². The van der Waals surface area contributed by atoms with Crippen molar-refractivity contribution in [3.63, 3.8) is 0 Å². The first-order valence-corrected chi connectivity index (χ1v) is 7.95. The van der Waals surface area contributed by atoms with Crippen LogP contribution in [0.5, 0.6) is 0 Å². The van der Waals surface area contributed by atoms with Crippen LogP contribution in [0.3, 0.4) is 0 Å². The number of amides is 1. The Balaban J connectivity index is 1.51. The summed E-state index contributed by atoms with van der Waals surface area (Å²) < 4.78 is 18.1. The molecule has 0 saturated carbocycles. The second kappa shape index (κ2) is 7.70. The number of ether oxygens (including phenoxy) is 1. The lowest BCUT2D eigenvalue weighted by molar-refractivity contribution is -0.151. The van der Waals surface area contributed by atoms with Crippen LogP contribution in [0.2, 0.25) is 0 Å². The Labute approximate surface area is 144 Å². The van der Waals surface area contributed by atoms with Crippen molar-refractivity contribution in [1.29, 1.82) is 0 Å². The van der Waals surface area contributed by atoms with Gasteiger partial charge in [-0.25, -0.2) is 9.40 Å². The van der Waals surface area contributed by atoms with Crippen molar-refractivity contribution in [2.45, 2.75) is 12.8 Å². The molecule has 1 aliphatic rings. The smallest absolute Gasteiger partial charge is 0.310 e. The lowest BCUT2D eigenvalue weighted by Gasteiger charge is -2.11. The number of benzene rings is 2. The molecular formula is C19H17FN2O3. The Morgan fingerprint density at radius 3 is 2.68 bits per heavy atom. The third kappa shape index (κ3) is 4.50. The van der Waals surface area contributed by atoms with E-state index in [1.165, 1.54) is 23.2 Å². The van der Waals surface area contributed by atoms with Crippen LogP contribution in [0.1, 0.15) is 17.5 Å². The van der Waals surface area contributed by atoms with Gasteiger partial charge in [-0.3, -0.25) is 9.59 Å². The average molecular weight is 340 g/mol. The minimum atomic E-state index is -0.578. The molecule has 0 saturated heterocycles. The van der Waals surface area contributed by atoms with Gasteiger partial charge in [0.1, 0.15) is 5.82 Å². The molecule has 0 aromatic heterocycles. The fourth-order valence-electron chi connectivity index (χ4n) is 2.55. The summed E-state index contributed by atoms with van der Waals surface area (Å²) in [6.45, 7) is 0.0875. The monoisotopic (exact) mass is 340 g/mol. The standard InChI is InChI=1S/C19H17FN2O3/c20-16-8-4-5-14(11-16)12-19(24)25-13-18(23)22-10-9-17(21-22)15-6-2-1-3-7-15/h1-8,11H,9-10,12-13H2. The average Bonchev–Trinajstić information content (AvgIpc) is 3.11. The number of hydrazone groups is 1. The highest BCUT2D eigenvalue weighted by atomic mass is 19.1. The number of esters is 1. The quantitative estimate of drug-likeness (QED) is 0.786. The summed E-state index contributed by atoms with van der Waals surface area (Å²) in [5, 5.41) is 5.61. The van der Waals surface area contributed by atoms with E-state index in [4.69, 9.17) is 4.74 Å². The van der Waals surface area contributed by atoms with E-state index in [2.05, 4.69) is 5.10 Å². The normalized spacial score (nSPS) is 13.5. The third-order valence-electron chi connectivity index (χ3n) is 3.79. The zero-order valence-corrected chi connectivity index (χ0v) is 13.5. The molecular weight excluding hydrogens is 323 g/mol. The van der Waals surface area contributed by atoms with Crippen molar-refractivity contribution in [3.8, 4) is 0 Å². The molecule has 0 aliphatic carbocycles. The topological polar surface area (TPSA) is 59.0 Å². The molecule has 2 aromatic rings. The van der Waals surface area contributed by atoms with Gasteiger partial charge in [0.05, 0.1) is 18.7 Å². The molecule has 0 radical (unpaired) electrons. The highest BCUT2D eigenvalue weighted by Crippen LogP contribution is 2.14. The van der Waals surface area contributed by atoms with Crippen LogP contribution < -0.4 is 0 Å². The zero-order valence-electron chi connectivity index (χ0n) is 13.5. The van der Waals surface area contributed by atoms with Crippen LogP contribution in [0, 0.1) is 5.82 Å². The van der Waals surface area contributed by atoms with Gasteiger partial charge in [-0.15, -0.1) is 0 Å². The van der Waals surface area contributed by atoms with Gasteiger partial charge in [0.15, 0.2) is 6.61 Å². The first kappa shape index (κ1) is 16.8. The largest absolute Gasteiger partial charge is 0.455 e.